The van der Waals surface area contributed by atoms with Gasteiger partial charge in [0.2, 0.25) is 12.7 Å². The van der Waals surface area contributed by atoms with Crippen LogP contribution in [0.1, 0.15) is 40.0 Å². The lowest BCUT2D eigenvalue weighted by molar-refractivity contribution is -0.133. The molecule has 0 aromatic heterocycles. The van der Waals surface area contributed by atoms with Gasteiger partial charge in [0.25, 0.3) is 11.8 Å². The Morgan fingerprint density at radius 3 is 2.66 bits per heavy atom. The summed E-state index contributed by atoms with van der Waals surface area (Å²) in [6, 6.07) is 9.76. The van der Waals surface area contributed by atoms with Gasteiger partial charge in [0.1, 0.15) is 18.5 Å². The third-order valence-electron chi connectivity index (χ3n) is 6.60. The van der Waals surface area contributed by atoms with Crippen molar-refractivity contribution in [2.45, 2.75) is 37.5 Å². The Hall–Kier alpha value is -3.79. The fourth-order valence-electron chi connectivity index (χ4n) is 4.66. The van der Waals surface area contributed by atoms with Crippen LogP contribution < -0.4 is 24.8 Å². The van der Waals surface area contributed by atoms with E-state index in [1.165, 1.54) is 0 Å². The predicted molar refractivity (Wildman–Crippen MR) is 125 cm³/mol. The predicted octanol–water partition coefficient (Wildman–Crippen LogP) is 2.18. The van der Waals surface area contributed by atoms with Crippen molar-refractivity contribution in [3.63, 3.8) is 0 Å². The molecule has 0 radical (unpaired) electrons. The number of hydrogen-bond donors (Lipinski definition) is 2. The van der Waals surface area contributed by atoms with Crippen LogP contribution in [0.2, 0.25) is 0 Å². The molecule has 0 spiro atoms. The summed E-state index contributed by atoms with van der Waals surface area (Å²) in [6.07, 6.45) is 1.10. The zero-order chi connectivity index (χ0) is 24.5. The smallest absolute Gasteiger partial charge is 0.257 e. The summed E-state index contributed by atoms with van der Waals surface area (Å²) in [7, 11) is 3.34. The highest BCUT2D eigenvalue weighted by Gasteiger charge is 2.39. The first-order valence-electron chi connectivity index (χ1n) is 11.5. The number of benzene rings is 2. The van der Waals surface area contributed by atoms with Crippen LogP contribution in [0.5, 0.6) is 17.2 Å². The number of carbonyl (C=O) groups excluding carboxylic acids is 3. The Labute approximate surface area is 202 Å². The molecule has 0 bridgehead atoms. The van der Waals surface area contributed by atoms with Gasteiger partial charge in [-0.3, -0.25) is 14.4 Å². The standard InChI is InChI=1S/C25H27N3O7/c1-26-23(29)11-16-5-6-18-22(35-16)12-32-19-8-4-15(10-17(19)25(31)28(18)2)27-24(30)14-3-7-20-21(9-14)34-13-33-20/h3-4,7-10,16,18,22H,5-6,11-13H2,1-2H3,(H,26,29)(H,27,30)/t16-,18-,22+/m1/s1. The van der Waals surface area contributed by atoms with E-state index in [4.69, 9.17) is 18.9 Å². The van der Waals surface area contributed by atoms with Gasteiger partial charge in [-0.15, -0.1) is 0 Å². The molecule has 2 aromatic carbocycles. The molecule has 3 heterocycles. The highest BCUT2D eigenvalue weighted by atomic mass is 16.7. The average molecular weight is 482 g/mol. The summed E-state index contributed by atoms with van der Waals surface area (Å²) >= 11 is 0. The maximum Gasteiger partial charge on any atom is 0.257 e. The van der Waals surface area contributed by atoms with Crippen molar-refractivity contribution in [2.24, 2.45) is 0 Å². The van der Waals surface area contributed by atoms with E-state index >= 15 is 0 Å². The first-order chi connectivity index (χ1) is 16.9. The van der Waals surface area contributed by atoms with Crippen molar-refractivity contribution < 1.29 is 33.3 Å². The van der Waals surface area contributed by atoms with Gasteiger partial charge in [-0.25, -0.2) is 0 Å². The molecule has 3 atom stereocenters. The summed E-state index contributed by atoms with van der Waals surface area (Å²) in [4.78, 5) is 39.6. The summed E-state index contributed by atoms with van der Waals surface area (Å²) < 4.78 is 22.7. The summed E-state index contributed by atoms with van der Waals surface area (Å²) in [6.45, 7) is 0.380. The zero-order valence-corrected chi connectivity index (χ0v) is 19.5. The molecule has 2 N–H and O–H groups in total. The highest BCUT2D eigenvalue weighted by Crippen LogP contribution is 2.34. The van der Waals surface area contributed by atoms with Gasteiger partial charge in [-0.2, -0.15) is 0 Å². The molecule has 3 aliphatic rings. The van der Waals surface area contributed by atoms with Crippen LogP contribution in [-0.2, 0) is 9.53 Å². The van der Waals surface area contributed by atoms with E-state index in [1.54, 1.807) is 55.4 Å². The van der Waals surface area contributed by atoms with E-state index in [2.05, 4.69) is 10.6 Å². The fourth-order valence-corrected chi connectivity index (χ4v) is 4.66. The summed E-state index contributed by atoms with van der Waals surface area (Å²) in [5.41, 5.74) is 1.25. The quantitative estimate of drug-likeness (QED) is 0.688. The first-order valence-corrected chi connectivity index (χ1v) is 11.5. The van der Waals surface area contributed by atoms with Crippen LogP contribution in [0, 0.1) is 0 Å². The van der Waals surface area contributed by atoms with Crippen molar-refractivity contribution in [3.05, 3.63) is 47.5 Å². The SMILES string of the molecule is CNC(=O)C[C@H]1CC[C@@H]2[C@H](COc3ccc(NC(=O)c4ccc5c(c4)OCO5)cc3C(=O)N2C)O1. The van der Waals surface area contributed by atoms with E-state index in [0.717, 1.165) is 0 Å². The van der Waals surface area contributed by atoms with Crippen LogP contribution in [0.4, 0.5) is 5.69 Å². The van der Waals surface area contributed by atoms with Gasteiger partial charge in [-0.1, -0.05) is 0 Å². The van der Waals surface area contributed by atoms with Crippen LogP contribution in [-0.4, -0.2) is 68.4 Å². The number of rotatable bonds is 4. The molecular formula is C25H27N3O7. The molecular weight excluding hydrogens is 454 g/mol. The van der Waals surface area contributed by atoms with Crippen LogP contribution >= 0.6 is 0 Å². The van der Waals surface area contributed by atoms with Crippen molar-refractivity contribution in [1.82, 2.24) is 10.2 Å². The molecule has 1 fully saturated rings. The Morgan fingerprint density at radius 2 is 1.83 bits per heavy atom. The minimum Gasteiger partial charge on any atom is -0.490 e. The molecule has 10 heteroatoms. The Balaban J connectivity index is 1.32. The number of amides is 3. The van der Waals surface area contributed by atoms with Crippen molar-refractivity contribution in [1.29, 1.82) is 0 Å². The molecule has 0 aliphatic carbocycles. The van der Waals surface area contributed by atoms with Crippen LogP contribution in [0.25, 0.3) is 0 Å². The number of carbonyl (C=O) groups is 3. The number of nitrogens with one attached hydrogen (secondary N) is 2. The highest BCUT2D eigenvalue weighted by molar-refractivity contribution is 6.06. The number of ether oxygens (including phenoxy) is 4. The molecule has 184 valence electrons. The second kappa shape index (κ2) is 9.46. The second-order valence-corrected chi connectivity index (χ2v) is 8.78. The van der Waals surface area contributed by atoms with E-state index < -0.39 is 0 Å². The lowest BCUT2D eigenvalue weighted by atomic mass is 9.94. The first kappa shape index (κ1) is 23.0. The molecule has 1 saturated heterocycles. The second-order valence-electron chi connectivity index (χ2n) is 8.78. The summed E-state index contributed by atoms with van der Waals surface area (Å²) in [5, 5.41) is 5.45. The molecule has 3 aliphatic heterocycles. The summed E-state index contributed by atoms with van der Waals surface area (Å²) in [5.74, 6) is 0.894. The van der Waals surface area contributed by atoms with Gasteiger partial charge in [0, 0.05) is 25.3 Å². The lowest BCUT2D eigenvalue weighted by Gasteiger charge is -2.42. The van der Waals surface area contributed by atoms with Crippen LogP contribution in [0.15, 0.2) is 36.4 Å². The monoisotopic (exact) mass is 481 g/mol. The third kappa shape index (κ3) is 4.61. The van der Waals surface area contributed by atoms with E-state index in [1.807, 2.05) is 0 Å². The molecule has 5 rings (SSSR count). The van der Waals surface area contributed by atoms with Gasteiger partial charge in [0.15, 0.2) is 11.5 Å². The fraction of sp³-hybridized carbons (Fsp3) is 0.400. The molecule has 35 heavy (non-hydrogen) atoms. The number of likely N-dealkylation sites (N-methyl/N-ethyl adjacent to an activating group) is 1. The van der Waals surface area contributed by atoms with Gasteiger partial charge in [-0.05, 0) is 49.2 Å². The van der Waals surface area contributed by atoms with Crippen molar-refractivity contribution in [2.75, 3.05) is 32.8 Å². The van der Waals surface area contributed by atoms with Gasteiger partial charge in [0.05, 0.1) is 24.1 Å². The zero-order valence-electron chi connectivity index (χ0n) is 19.5. The van der Waals surface area contributed by atoms with Gasteiger partial charge >= 0.3 is 0 Å². The molecule has 0 saturated carbocycles. The number of anilines is 1. The van der Waals surface area contributed by atoms with E-state index in [-0.39, 0.29) is 55.8 Å². The molecule has 10 nitrogen and oxygen atoms in total. The number of nitrogens with zero attached hydrogens (tertiary/aromatic N) is 1. The maximum absolute atomic E-state index is 13.4. The van der Waals surface area contributed by atoms with E-state index in [9.17, 15) is 14.4 Å². The minimum absolute atomic E-state index is 0.0784. The minimum atomic E-state index is -0.342. The molecule has 0 unspecified atom stereocenters. The van der Waals surface area contributed by atoms with Crippen molar-refractivity contribution in [3.8, 4) is 17.2 Å². The largest absolute Gasteiger partial charge is 0.490 e. The topological polar surface area (TPSA) is 115 Å². The Kier molecular flexibility index (Phi) is 6.21. The van der Waals surface area contributed by atoms with E-state index in [0.29, 0.717) is 46.9 Å². The molecule has 3 amide bonds. The maximum atomic E-state index is 13.4. The normalized spacial score (nSPS) is 22.7. The Morgan fingerprint density at radius 1 is 1.03 bits per heavy atom. The third-order valence-corrected chi connectivity index (χ3v) is 6.60. The lowest BCUT2D eigenvalue weighted by Crippen LogP contribution is -2.53. The molecule has 2 aromatic rings. The average Bonchev–Trinajstić information content (AvgIpc) is 3.34. The number of fused-ring (bicyclic) bond motifs is 3. The van der Waals surface area contributed by atoms with Gasteiger partial charge < -0.3 is 34.5 Å². The Bertz CT molecular complexity index is 1170. The van der Waals surface area contributed by atoms with Crippen LogP contribution in [0.3, 0.4) is 0 Å². The van der Waals surface area contributed by atoms with Crippen molar-refractivity contribution >= 4 is 23.4 Å². The number of hydrogen-bond acceptors (Lipinski definition) is 7.